The zero-order chi connectivity index (χ0) is 29.0. The topological polar surface area (TPSA) is 9.86 Å². The fourth-order valence-corrected chi connectivity index (χ4v) is 7.05. The van der Waals surface area contributed by atoms with E-state index >= 15 is 0 Å². The third-order valence-electron chi connectivity index (χ3n) is 8.91. The average molecular weight is 561 g/mol. The number of fused-ring (bicyclic) bond motifs is 7. The summed E-state index contributed by atoms with van der Waals surface area (Å²) in [4.78, 5) is 0. The van der Waals surface area contributed by atoms with Crippen LogP contribution in [0.15, 0.2) is 170 Å². The SMILES string of the molecule is c1ccc(-c2ccccc2-c2cccc(-n3c4ccccc4c4ccc5c(c6ccccc6n5-c5ccccc5)c43)c2)cc1. The third-order valence-corrected chi connectivity index (χ3v) is 8.91. The summed E-state index contributed by atoms with van der Waals surface area (Å²) in [5.74, 6) is 0. The largest absolute Gasteiger partial charge is 0.309 e. The molecule has 2 nitrogen and oxygen atoms in total. The van der Waals surface area contributed by atoms with E-state index in [2.05, 4.69) is 179 Å². The second-order valence-electron chi connectivity index (χ2n) is 11.4. The van der Waals surface area contributed by atoms with Crippen LogP contribution >= 0.6 is 0 Å². The molecule has 0 aliphatic carbocycles. The van der Waals surface area contributed by atoms with E-state index in [0.717, 1.165) is 5.69 Å². The second-order valence-corrected chi connectivity index (χ2v) is 11.4. The zero-order valence-electron chi connectivity index (χ0n) is 24.1. The number of para-hydroxylation sites is 3. The fourth-order valence-electron chi connectivity index (χ4n) is 7.05. The van der Waals surface area contributed by atoms with Gasteiger partial charge in [0.25, 0.3) is 0 Å². The highest BCUT2D eigenvalue weighted by Gasteiger charge is 2.21. The van der Waals surface area contributed by atoms with Gasteiger partial charge in [0.1, 0.15) is 0 Å². The van der Waals surface area contributed by atoms with Gasteiger partial charge in [-0.05, 0) is 64.7 Å². The normalized spacial score (nSPS) is 11.6. The highest BCUT2D eigenvalue weighted by Crippen LogP contribution is 2.42. The lowest BCUT2D eigenvalue weighted by molar-refractivity contribution is 1.17. The Morgan fingerprint density at radius 1 is 0.318 bits per heavy atom. The molecule has 0 atom stereocenters. The van der Waals surface area contributed by atoms with E-state index in [0.29, 0.717) is 0 Å². The molecule has 0 bridgehead atoms. The Balaban J connectivity index is 1.38. The number of rotatable bonds is 4. The van der Waals surface area contributed by atoms with Crippen molar-refractivity contribution in [1.29, 1.82) is 0 Å². The lowest BCUT2D eigenvalue weighted by atomic mass is 9.94. The molecule has 2 heteroatoms. The molecule has 0 amide bonds. The monoisotopic (exact) mass is 560 g/mol. The lowest BCUT2D eigenvalue weighted by Gasteiger charge is -2.14. The molecule has 206 valence electrons. The molecule has 0 spiro atoms. The van der Waals surface area contributed by atoms with Crippen molar-refractivity contribution in [3.63, 3.8) is 0 Å². The maximum atomic E-state index is 2.48. The predicted molar refractivity (Wildman–Crippen MR) is 186 cm³/mol. The smallest absolute Gasteiger partial charge is 0.0641 e. The van der Waals surface area contributed by atoms with Gasteiger partial charge in [-0.1, -0.05) is 127 Å². The fraction of sp³-hybridized carbons (Fsp3) is 0. The molecule has 0 N–H and O–H groups in total. The molecule has 0 radical (unpaired) electrons. The molecule has 2 aromatic heterocycles. The Labute approximate surface area is 255 Å². The van der Waals surface area contributed by atoms with Crippen LogP contribution < -0.4 is 0 Å². The van der Waals surface area contributed by atoms with Crippen LogP contribution in [0.1, 0.15) is 0 Å². The second kappa shape index (κ2) is 9.86. The van der Waals surface area contributed by atoms with E-state index < -0.39 is 0 Å². The number of aromatic nitrogens is 2. The van der Waals surface area contributed by atoms with Crippen LogP contribution in [0.25, 0.3) is 77.2 Å². The van der Waals surface area contributed by atoms with Gasteiger partial charge in [-0.2, -0.15) is 0 Å². The summed E-state index contributed by atoms with van der Waals surface area (Å²) in [7, 11) is 0. The first-order valence-electron chi connectivity index (χ1n) is 15.1. The van der Waals surface area contributed by atoms with Gasteiger partial charge >= 0.3 is 0 Å². The van der Waals surface area contributed by atoms with Crippen LogP contribution in [-0.2, 0) is 0 Å². The summed E-state index contributed by atoms with van der Waals surface area (Å²) < 4.78 is 4.88. The molecule has 0 saturated heterocycles. The first-order valence-corrected chi connectivity index (χ1v) is 15.1. The van der Waals surface area contributed by atoms with Crippen LogP contribution in [0.4, 0.5) is 0 Å². The summed E-state index contributed by atoms with van der Waals surface area (Å²) in [5.41, 5.74) is 12.1. The minimum Gasteiger partial charge on any atom is -0.309 e. The Hall–Kier alpha value is -5.86. The first kappa shape index (κ1) is 24.7. The maximum Gasteiger partial charge on any atom is 0.0641 e. The molecule has 0 unspecified atom stereocenters. The minimum absolute atomic E-state index is 1.15. The molecular weight excluding hydrogens is 532 g/mol. The Morgan fingerprint density at radius 2 is 0.886 bits per heavy atom. The van der Waals surface area contributed by atoms with Gasteiger partial charge in [0.15, 0.2) is 0 Å². The van der Waals surface area contributed by atoms with Crippen molar-refractivity contribution in [3.05, 3.63) is 170 Å². The average Bonchev–Trinajstić information content (AvgIpc) is 3.62. The molecule has 2 heterocycles. The van der Waals surface area contributed by atoms with Crippen LogP contribution in [0.2, 0.25) is 0 Å². The number of benzene rings is 7. The van der Waals surface area contributed by atoms with E-state index in [-0.39, 0.29) is 0 Å². The van der Waals surface area contributed by atoms with Crippen molar-refractivity contribution in [2.45, 2.75) is 0 Å². The van der Waals surface area contributed by atoms with Crippen molar-refractivity contribution in [2.24, 2.45) is 0 Å². The quantitative estimate of drug-likeness (QED) is 0.203. The van der Waals surface area contributed by atoms with E-state index in [1.54, 1.807) is 0 Å². The molecule has 9 rings (SSSR count). The standard InChI is InChI=1S/C42H28N2/c1-3-14-29(15-4-1)33-20-7-8-21-34(33)30-16-13-19-32(28-30)44-38-24-11-9-22-35(38)36-26-27-40-41(42(36)44)37-23-10-12-25-39(37)43(40)31-17-5-2-6-18-31/h1-28H. The van der Waals surface area contributed by atoms with E-state index in [4.69, 9.17) is 0 Å². The molecule has 0 aliphatic heterocycles. The third kappa shape index (κ3) is 3.68. The van der Waals surface area contributed by atoms with Gasteiger partial charge in [-0.25, -0.2) is 0 Å². The summed E-state index contributed by atoms with van der Waals surface area (Å²) in [5, 5.41) is 5.05. The molecule has 7 aromatic carbocycles. The highest BCUT2D eigenvalue weighted by atomic mass is 15.0. The molecule has 9 aromatic rings. The Kier molecular flexibility index (Phi) is 5.54. The van der Waals surface area contributed by atoms with Gasteiger partial charge in [-0.15, -0.1) is 0 Å². The highest BCUT2D eigenvalue weighted by molar-refractivity contribution is 6.26. The van der Waals surface area contributed by atoms with E-state index in [9.17, 15) is 0 Å². The summed E-state index contributed by atoms with van der Waals surface area (Å²) in [6, 6.07) is 61.3. The van der Waals surface area contributed by atoms with Crippen molar-refractivity contribution in [1.82, 2.24) is 9.13 Å². The van der Waals surface area contributed by atoms with Crippen molar-refractivity contribution < 1.29 is 0 Å². The summed E-state index contributed by atoms with van der Waals surface area (Å²) in [6.45, 7) is 0. The number of hydrogen-bond acceptors (Lipinski definition) is 0. The van der Waals surface area contributed by atoms with Crippen LogP contribution in [0.3, 0.4) is 0 Å². The minimum atomic E-state index is 1.15. The molecular formula is C42H28N2. The maximum absolute atomic E-state index is 2.48. The van der Waals surface area contributed by atoms with Crippen molar-refractivity contribution >= 4 is 43.6 Å². The number of nitrogens with zero attached hydrogens (tertiary/aromatic N) is 2. The predicted octanol–water partition coefficient (Wildman–Crippen LogP) is 11.2. The van der Waals surface area contributed by atoms with E-state index in [1.807, 2.05) is 0 Å². The summed E-state index contributed by atoms with van der Waals surface area (Å²) in [6.07, 6.45) is 0. The van der Waals surface area contributed by atoms with Gasteiger partial charge < -0.3 is 9.13 Å². The van der Waals surface area contributed by atoms with Crippen LogP contribution in [0.5, 0.6) is 0 Å². The van der Waals surface area contributed by atoms with E-state index in [1.165, 1.54) is 71.6 Å². The molecule has 0 saturated carbocycles. The van der Waals surface area contributed by atoms with Crippen molar-refractivity contribution in [2.75, 3.05) is 0 Å². The van der Waals surface area contributed by atoms with Crippen LogP contribution in [-0.4, -0.2) is 9.13 Å². The van der Waals surface area contributed by atoms with Gasteiger partial charge in [-0.3, -0.25) is 0 Å². The van der Waals surface area contributed by atoms with Crippen LogP contribution in [0, 0.1) is 0 Å². The molecule has 0 fully saturated rings. The summed E-state index contributed by atoms with van der Waals surface area (Å²) >= 11 is 0. The van der Waals surface area contributed by atoms with Gasteiger partial charge in [0, 0.05) is 32.9 Å². The number of hydrogen-bond donors (Lipinski definition) is 0. The van der Waals surface area contributed by atoms with Gasteiger partial charge in [0.05, 0.1) is 22.1 Å². The van der Waals surface area contributed by atoms with Crippen molar-refractivity contribution in [3.8, 4) is 33.6 Å². The Bertz CT molecular complexity index is 2480. The zero-order valence-corrected chi connectivity index (χ0v) is 24.1. The van der Waals surface area contributed by atoms with Gasteiger partial charge in [0.2, 0.25) is 0 Å². The lowest BCUT2D eigenvalue weighted by Crippen LogP contribution is -1.96. The Morgan fingerprint density at radius 3 is 1.66 bits per heavy atom. The molecule has 0 aliphatic rings. The molecule has 44 heavy (non-hydrogen) atoms. The first-order chi connectivity index (χ1) is 21.9.